The first-order chi connectivity index (χ1) is 15.2. The lowest BCUT2D eigenvalue weighted by Crippen LogP contribution is -2.11. The van der Waals surface area contributed by atoms with Gasteiger partial charge >= 0.3 is 0 Å². The van der Waals surface area contributed by atoms with Gasteiger partial charge in [0, 0.05) is 39.8 Å². The molecule has 150 valence electrons. The number of amides is 1. The van der Waals surface area contributed by atoms with Gasteiger partial charge < -0.3 is 5.32 Å². The second kappa shape index (κ2) is 7.97. The van der Waals surface area contributed by atoms with E-state index < -0.39 is 0 Å². The van der Waals surface area contributed by atoms with Gasteiger partial charge in [-0.1, -0.05) is 29.8 Å². The molecule has 3 aromatic heterocycles. The van der Waals surface area contributed by atoms with Crippen molar-refractivity contribution >= 4 is 28.8 Å². The third-order valence-corrected chi connectivity index (χ3v) is 4.94. The Bertz CT molecular complexity index is 1400. The maximum Gasteiger partial charge on any atom is 0.255 e. The highest BCUT2D eigenvalue weighted by molar-refractivity contribution is 6.31. The van der Waals surface area contributed by atoms with Crippen LogP contribution in [0.4, 0.5) is 5.69 Å². The number of nitrogens with one attached hydrogen (secondary N) is 1. The summed E-state index contributed by atoms with van der Waals surface area (Å²) in [5, 5.41) is 16.6. The van der Waals surface area contributed by atoms with Crippen molar-refractivity contribution in [3.05, 3.63) is 95.8 Å². The van der Waals surface area contributed by atoms with Crippen molar-refractivity contribution in [2.45, 2.75) is 0 Å². The summed E-state index contributed by atoms with van der Waals surface area (Å²) < 4.78 is 1.70. The highest BCUT2D eigenvalue weighted by atomic mass is 35.5. The first-order valence-corrected chi connectivity index (χ1v) is 9.85. The van der Waals surface area contributed by atoms with Crippen LogP contribution >= 0.6 is 11.6 Å². The third-order valence-electron chi connectivity index (χ3n) is 4.70. The van der Waals surface area contributed by atoms with Gasteiger partial charge in [-0.3, -0.25) is 9.78 Å². The Morgan fingerprint density at radius 1 is 0.871 bits per heavy atom. The SMILES string of the molecule is O=C(Nc1cccc(-c2ccc3nnc(-c4ccncc4)n3n2)c1)c1cccc(Cl)c1. The number of carbonyl (C=O) groups excluding carboxylic acids is 1. The van der Waals surface area contributed by atoms with Crippen molar-refractivity contribution in [1.29, 1.82) is 0 Å². The van der Waals surface area contributed by atoms with E-state index in [1.807, 2.05) is 48.5 Å². The Kier molecular flexibility index (Phi) is 4.86. The van der Waals surface area contributed by atoms with E-state index in [9.17, 15) is 4.79 Å². The maximum absolute atomic E-state index is 12.5. The van der Waals surface area contributed by atoms with Crippen LogP contribution in [-0.4, -0.2) is 30.7 Å². The first kappa shape index (κ1) is 18.9. The average molecular weight is 427 g/mol. The third kappa shape index (κ3) is 3.86. The smallest absolute Gasteiger partial charge is 0.255 e. The van der Waals surface area contributed by atoms with Crippen LogP contribution in [0.25, 0.3) is 28.3 Å². The fraction of sp³-hybridized carbons (Fsp3) is 0. The van der Waals surface area contributed by atoms with Crippen molar-refractivity contribution < 1.29 is 4.79 Å². The molecule has 3 heterocycles. The number of halogens is 1. The van der Waals surface area contributed by atoms with Crippen molar-refractivity contribution in [2.75, 3.05) is 5.32 Å². The van der Waals surface area contributed by atoms with E-state index in [1.54, 1.807) is 41.2 Å². The predicted molar refractivity (Wildman–Crippen MR) is 119 cm³/mol. The first-order valence-electron chi connectivity index (χ1n) is 9.47. The van der Waals surface area contributed by atoms with Crippen LogP contribution in [0.1, 0.15) is 10.4 Å². The van der Waals surface area contributed by atoms with Gasteiger partial charge in [0.2, 0.25) is 0 Å². The summed E-state index contributed by atoms with van der Waals surface area (Å²) in [5.74, 6) is 0.395. The summed E-state index contributed by atoms with van der Waals surface area (Å²) in [7, 11) is 0. The lowest BCUT2D eigenvalue weighted by Gasteiger charge is -2.08. The molecule has 8 heteroatoms. The molecule has 0 fully saturated rings. The quantitative estimate of drug-likeness (QED) is 0.448. The molecule has 0 unspecified atom stereocenters. The zero-order chi connectivity index (χ0) is 21.2. The average Bonchev–Trinajstić information content (AvgIpc) is 3.23. The molecular weight excluding hydrogens is 412 g/mol. The molecule has 0 bridgehead atoms. The molecule has 0 aliphatic heterocycles. The highest BCUT2D eigenvalue weighted by Crippen LogP contribution is 2.24. The summed E-state index contributed by atoms with van der Waals surface area (Å²) in [6.45, 7) is 0. The Morgan fingerprint density at radius 2 is 1.71 bits per heavy atom. The van der Waals surface area contributed by atoms with Gasteiger partial charge in [0.1, 0.15) is 0 Å². The molecule has 0 atom stereocenters. The number of benzene rings is 2. The van der Waals surface area contributed by atoms with Crippen LogP contribution in [0.5, 0.6) is 0 Å². The summed E-state index contributed by atoms with van der Waals surface area (Å²) in [6.07, 6.45) is 3.40. The van der Waals surface area contributed by atoms with Gasteiger partial charge in [0.25, 0.3) is 5.91 Å². The Labute approximate surface area is 182 Å². The van der Waals surface area contributed by atoms with Gasteiger partial charge in [-0.2, -0.15) is 9.61 Å². The van der Waals surface area contributed by atoms with Crippen LogP contribution < -0.4 is 5.32 Å². The zero-order valence-electron chi connectivity index (χ0n) is 16.1. The molecule has 5 rings (SSSR count). The second-order valence-corrected chi connectivity index (χ2v) is 7.23. The standard InChI is InChI=1S/C23H15ClN6O/c24-18-5-1-4-17(13-18)23(31)26-19-6-2-3-16(14-19)20-7-8-21-27-28-22(30(21)29-20)15-9-11-25-12-10-15/h1-14H,(H,26,31). The molecule has 1 amide bonds. The van der Waals surface area contributed by atoms with Crippen molar-refractivity contribution in [2.24, 2.45) is 0 Å². The fourth-order valence-electron chi connectivity index (χ4n) is 3.21. The van der Waals surface area contributed by atoms with E-state index in [-0.39, 0.29) is 5.91 Å². The predicted octanol–water partition coefficient (Wildman–Crippen LogP) is 4.76. The topological polar surface area (TPSA) is 85.1 Å². The number of nitrogens with zero attached hydrogens (tertiary/aromatic N) is 5. The molecule has 0 spiro atoms. The Hall–Kier alpha value is -4.10. The van der Waals surface area contributed by atoms with E-state index in [4.69, 9.17) is 16.7 Å². The zero-order valence-corrected chi connectivity index (χ0v) is 16.9. The van der Waals surface area contributed by atoms with E-state index in [0.717, 1.165) is 16.8 Å². The minimum absolute atomic E-state index is 0.234. The molecule has 0 aliphatic carbocycles. The summed E-state index contributed by atoms with van der Waals surface area (Å²) in [6, 6.07) is 21.8. The number of fused-ring (bicyclic) bond motifs is 1. The second-order valence-electron chi connectivity index (χ2n) is 6.79. The number of rotatable bonds is 4. The number of pyridine rings is 1. The summed E-state index contributed by atoms with van der Waals surface area (Å²) in [4.78, 5) is 16.6. The van der Waals surface area contributed by atoms with Gasteiger partial charge in [-0.25, -0.2) is 0 Å². The Morgan fingerprint density at radius 3 is 2.55 bits per heavy atom. The van der Waals surface area contributed by atoms with Crippen molar-refractivity contribution in [3.8, 4) is 22.6 Å². The number of anilines is 1. The van der Waals surface area contributed by atoms with E-state index >= 15 is 0 Å². The molecule has 7 nitrogen and oxygen atoms in total. The van der Waals surface area contributed by atoms with Gasteiger partial charge in [-0.05, 0) is 54.6 Å². The minimum atomic E-state index is -0.234. The molecule has 0 aliphatic rings. The van der Waals surface area contributed by atoms with Crippen LogP contribution in [0.2, 0.25) is 5.02 Å². The normalized spacial score (nSPS) is 10.9. The fourth-order valence-corrected chi connectivity index (χ4v) is 3.40. The molecular formula is C23H15ClN6O. The van der Waals surface area contributed by atoms with Crippen LogP contribution in [0.3, 0.4) is 0 Å². The number of hydrogen-bond acceptors (Lipinski definition) is 5. The maximum atomic E-state index is 12.5. The number of aromatic nitrogens is 5. The minimum Gasteiger partial charge on any atom is -0.322 e. The molecule has 1 N–H and O–H groups in total. The lowest BCUT2D eigenvalue weighted by molar-refractivity contribution is 0.102. The van der Waals surface area contributed by atoms with Gasteiger partial charge in [-0.15, -0.1) is 10.2 Å². The van der Waals surface area contributed by atoms with Crippen molar-refractivity contribution in [1.82, 2.24) is 24.8 Å². The molecule has 5 aromatic rings. The Balaban J connectivity index is 1.47. The van der Waals surface area contributed by atoms with Crippen LogP contribution in [0, 0.1) is 0 Å². The molecule has 31 heavy (non-hydrogen) atoms. The van der Waals surface area contributed by atoms with Gasteiger partial charge in [0.15, 0.2) is 11.5 Å². The van der Waals surface area contributed by atoms with Crippen LogP contribution in [-0.2, 0) is 0 Å². The summed E-state index contributed by atoms with van der Waals surface area (Å²) in [5.41, 5.74) is 4.23. The van der Waals surface area contributed by atoms with Gasteiger partial charge in [0.05, 0.1) is 5.69 Å². The van der Waals surface area contributed by atoms with E-state index in [2.05, 4.69) is 20.5 Å². The summed E-state index contributed by atoms with van der Waals surface area (Å²) >= 11 is 5.99. The van der Waals surface area contributed by atoms with Crippen molar-refractivity contribution in [3.63, 3.8) is 0 Å². The largest absolute Gasteiger partial charge is 0.322 e. The highest BCUT2D eigenvalue weighted by Gasteiger charge is 2.12. The van der Waals surface area contributed by atoms with E-state index in [1.165, 1.54) is 0 Å². The molecule has 0 saturated carbocycles. The number of carbonyl (C=O) groups is 1. The van der Waals surface area contributed by atoms with E-state index in [0.29, 0.717) is 27.7 Å². The molecule has 0 saturated heterocycles. The lowest BCUT2D eigenvalue weighted by atomic mass is 10.1. The molecule has 0 radical (unpaired) electrons. The number of hydrogen-bond donors (Lipinski definition) is 1. The molecule has 2 aromatic carbocycles. The van der Waals surface area contributed by atoms with Crippen LogP contribution in [0.15, 0.2) is 85.2 Å². The monoisotopic (exact) mass is 426 g/mol.